The van der Waals surface area contributed by atoms with Crippen LogP contribution in [0.25, 0.3) is 0 Å². The second-order valence-electron chi connectivity index (χ2n) is 7.29. The van der Waals surface area contributed by atoms with E-state index in [2.05, 4.69) is 69.1 Å². The fourth-order valence-corrected chi connectivity index (χ4v) is 2.65. The Bertz CT molecular complexity index is 434. The van der Waals surface area contributed by atoms with Crippen LogP contribution in [0.3, 0.4) is 0 Å². The third kappa shape index (κ3) is 4.72. The van der Waals surface area contributed by atoms with Gasteiger partial charge in [-0.15, -0.1) is 0 Å². The van der Waals surface area contributed by atoms with Gasteiger partial charge in [-0.05, 0) is 37.0 Å². The number of ether oxygens (including phenoxy) is 1. The fraction of sp³-hybridized carbons (Fsp3) is 0.667. The Morgan fingerprint density at radius 3 is 2.48 bits per heavy atom. The Balaban J connectivity index is 1.85. The number of rotatable bonds is 4. The predicted octanol–water partition coefficient (Wildman–Crippen LogP) is 3.51. The van der Waals surface area contributed by atoms with Gasteiger partial charge in [-0.3, -0.25) is 4.90 Å². The van der Waals surface area contributed by atoms with Gasteiger partial charge in [-0.25, -0.2) is 0 Å². The van der Waals surface area contributed by atoms with Gasteiger partial charge in [0.25, 0.3) is 0 Å². The Hall–Kier alpha value is -1.06. The molecule has 1 fully saturated rings. The summed E-state index contributed by atoms with van der Waals surface area (Å²) in [6.07, 6.45) is 0.281. The van der Waals surface area contributed by atoms with E-state index in [0.29, 0.717) is 6.04 Å². The lowest BCUT2D eigenvalue weighted by atomic mass is 9.87. The first-order chi connectivity index (χ1) is 9.86. The van der Waals surface area contributed by atoms with Gasteiger partial charge in [0.1, 0.15) is 0 Å². The maximum absolute atomic E-state index is 5.85. The second-order valence-corrected chi connectivity index (χ2v) is 7.29. The summed E-state index contributed by atoms with van der Waals surface area (Å²) >= 11 is 0. The maximum Gasteiger partial charge on any atom is 0.0874 e. The van der Waals surface area contributed by atoms with Crippen LogP contribution < -0.4 is 5.32 Å². The molecule has 118 valence electrons. The van der Waals surface area contributed by atoms with Gasteiger partial charge in [0.2, 0.25) is 0 Å². The largest absolute Gasteiger partial charge is 0.382 e. The number of nitrogens with one attached hydrogen (secondary N) is 1. The van der Waals surface area contributed by atoms with Crippen LogP contribution in [0.2, 0.25) is 0 Å². The Kier molecular flexibility index (Phi) is 5.28. The predicted molar refractivity (Wildman–Crippen MR) is 90.1 cm³/mol. The number of nitrogens with zero attached hydrogens (tertiary/aromatic N) is 1. The Morgan fingerprint density at radius 2 is 1.90 bits per heavy atom. The first-order valence-corrected chi connectivity index (χ1v) is 8.06. The molecular formula is C18H30N2O. The highest BCUT2D eigenvalue weighted by Crippen LogP contribution is 2.23. The van der Waals surface area contributed by atoms with Crippen LogP contribution in [0, 0.1) is 0 Å². The molecule has 1 N–H and O–H groups in total. The van der Waals surface area contributed by atoms with Crippen LogP contribution in [0.1, 0.15) is 40.2 Å². The molecule has 1 saturated heterocycles. The molecule has 21 heavy (non-hydrogen) atoms. The van der Waals surface area contributed by atoms with Crippen LogP contribution in [-0.2, 0) is 10.2 Å². The summed E-state index contributed by atoms with van der Waals surface area (Å²) in [6, 6.07) is 9.37. The van der Waals surface area contributed by atoms with E-state index >= 15 is 0 Å². The van der Waals surface area contributed by atoms with Crippen molar-refractivity contribution in [3.8, 4) is 0 Å². The zero-order valence-corrected chi connectivity index (χ0v) is 14.1. The van der Waals surface area contributed by atoms with Gasteiger partial charge in [-0.2, -0.15) is 0 Å². The van der Waals surface area contributed by atoms with Gasteiger partial charge < -0.3 is 10.1 Å². The third-order valence-corrected chi connectivity index (χ3v) is 4.19. The lowest BCUT2D eigenvalue weighted by molar-refractivity contribution is -0.0315. The van der Waals surface area contributed by atoms with E-state index in [0.717, 1.165) is 26.2 Å². The van der Waals surface area contributed by atoms with E-state index in [1.807, 2.05) is 0 Å². The van der Waals surface area contributed by atoms with Crippen molar-refractivity contribution in [3.05, 3.63) is 29.8 Å². The molecule has 0 bridgehead atoms. The monoisotopic (exact) mass is 290 g/mol. The summed E-state index contributed by atoms with van der Waals surface area (Å²) in [7, 11) is 0. The van der Waals surface area contributed by atoms with Crippen LogP contribution >= 0.6 is 0 Å². The average molecular weight is 290 g/mol. The number of hydrogen-bond acceptors (Lipinski definition) is 3. The molecule has 0 aromatic heterocycles. The summed E-state index contributed by atoms with van der Waals surface area (Å²) in [5.41, 5.74) is 2.75. The second kappa shape index (κ2) is 6.80. The Morgan fingerprint density at radius 1 is 1.24 bits per heavy atom. The molecule has 2 rings (SSSR count). The number of hydrogen-bond donors (Lipinski definition) is 1. The Labute approximate surface area is 129 Å². The van der Waals surface area contributed by atoms with Gasteiger partial charge >= 0.3 is 0 Å². The fourth-order valence-electron chi connectivity index (χ4n) is 2.65. The quantitative estimate of drug-likeness (QED) is 0.918. The van der Waals surface area contributed by atoms with Crippen LogP contribution in [0.5, 0.6) is 0 Å². The summed E-state index contributed by atoms with van der Waals surface area (Å²) < 4.78 is 5.85. The standard InChI is InChI=1S/C18H30N2O/c1-14(2)20-10-11-21-17(13-20)12-19-16-8-6-15(7-9-16)18(3,4)5/h6-9,14,17,19H,10-13H2,1-5H3. The smallest absolute Gasteiger partial charge is 0.0874 e. The maximum atomic E-state index is 5.85. The molecule has 0 saturated carbocycles. The van der Waals surface area contributed by atoms with E-state index in [-0.39, 0.29) is 11.5 Å². The van der Waals surface area contributed by atoms with Crippen molar-refractivity contribution in [2.45, 2.75) is 52.2 Å². The highest BCUT2D eigenvalue weighted by Gasteiger charge is 2.22. The van der Waals surface area contributed by atoms with Crippen molar-refractivity contribution in [2.24, 2.45) is 0 Å². The highest BCUT2D eigenvalue weighted by molar-refractivity contribution is 5.45. The van der Waals surface area contributed by atoms with E-state index in [1.165, 1.54) is 11.3 Å². The van der Waals surface area contributed by atoms with E-state index in [4.69, 9.17) is 4.74 Å². The normalized spacial score (nSPS) is 20.8. The summed E-state index contributed by atoms with van der Waals surface area (Å²) in [6.45, 7) is 15.0. The molecule has 0 spiro atoms. The molecule has 1 aliphatic rings. The number of morpholine rings is 1. The van der Waals surface area contributed by atoms with Crippen LogP contribution in [0.4, 0.5) is 5.69 Å². The zero-order valence-electron chi connectivity index (χ0n) is 14.1. The van der Waals surface area contributed by atoms with Crippen molar-refractivity contribution in [3.63, 3.8) is 0 Å². The molecule has 1 aromatic rings. The van der Waals surface area contributed by atoms with Gasteiger partial charge in [0.15, 0.2) is 0 Å². The van der Waals surface area contributed by atoms with Crippen LogP contribution in [0.15, 0.2) is 24.3 Å². The number of anilines is 1. The molecule has 3 nitrogen and oxygen atoms in total. The minimum Gasteiger partial charge on any atom is -0.382 e. The van der Waals surface area contributed by atoms with Gasteiger partial charge in [-0.1, -0.05) is 32.9 Å². The van der Waals surface area contributed by atoms with Crippen LogP contribution in [-0.4, -0.2) is 43.3 Å². The summed E-state index contributed by atoms with van der Waals surface area (Å²) in [5.74, 6) is 0. The molecule has 0 amide bonds. The van der Waals surface area contributed by atoms with Crippen molar-refractivity contribution in [2.75, 3.05) is 31.6 Å². The lowest BCUT2D eigenvalue weighted by Gasteiger charge is -2.35. The lowest BCUT2D eigenvalue weighted by Crippen LogP contribution is -2.48. The number of benzene rings is 1. The first-order valence-electron chi connectivity index (χ1n) is 8.06. The summed E-state index contributed by atoms with van der Waals surface area (Å²) in [4.78, 5) is 2.48. The molecule has 3 heteroatoms. The third-order valence-electron chi connectivity index (χ3n) is 4.19. The molecule has 1 heterocycles. The molecule has 1 atom stereocenters. The SMILES string of the molecule is CC(C)N1CCOC(CNc2ccc(C(C)(C)C)cc2)C1. The minimum absolute atomic E-state index is 0.211. The van der Waals surface area contributed by atoms with Gasteiger partial charge in [0.05, 0.1) is 12.7 Å². The molecule has 1 aromatic carbocycles. The van der Waals surface area contributed by atoms with E-state index < -0.39 is 0 Å². The summed E-state index contributed by atoms with van der Waals surface area (Å²) in [5, 5.41) is 3.50. The first kappa shape index (κ1) is 16.3. The molecule has 1 aliphatic heterocycles. The van der Waals surface area contributed by atoms with Crippen molar-refractivity contribution < 1.29 is 4.74 Å². The van der Waals surface area contributed by atoms with Crippen molar-refractivity contribution in [1.29, 1.82) is 0 Å². The zero-order chi connectivity index (χ0) is 15.5. The molecule has 1 unspecified atom stereocenters. The topological polar surface area (TPSA) is 24.5 Å². The molecule has 0 radical (unpaired) electrons. The average Bonchev–Trinajstić information content (AvgIpc) is 2.45. The van der Waals surface area contributed by atoms with E-state index in [9.17, 15) is 0 Å². The highest BCUT2D eigenvalue weighted by atomic mass is 16.5. The molecular weight excluding hydrogens is 260 g/mol. The molecule has 0 aliphatic carbocycles. The minimum atomic E-state index is 0.211. The van der Waals surface area contributed by atoms with E-state index in [1.54, 1.807) is 0 Å². The van der Waals surface area contributed by atoms with Crippen molar-refractivity contribution in [1.82, 2.24) is 4.90 Å². The van der Waals surface area contributed by atoms with Crippen molar-refractivity contribution >= 4 is 5.69 Å². The van der Waals surface area contributed by atoms with Gasteiger partial charge in [0, 0.05) is 31.4 Å².